The van der Waals surface area contributed by atoms with Gasteiger partial charge in [0.15, 0.2) is 0 Å². The van der Waals surface area contributed by atoms with Gasteiger partial charge in [0.25, 0.3) is 0 Å². The molecule has 2 nitrogen and oxygen atoms in total. The summed E-state index contributed by atoms with van der Waals surface area (Å²) in [5.74, 6) is 1.57. The third kappa shape index (κ3) is 4.90. The van der Waals surface area contributed by atoms with Crippen LogP contribution in [0.4, 0.5) is 0 Å². The van der Waals surface area contributed by atoms with Crippen LogP contribution in [-0.2, 0) is 6.42 Å². The molecule has 134 valence electrons. The van der Waals surface area contributed by atoms with E-state index in [4.69, 9.17) is 0 Å². The summed E-state index contributed by atoms with van der Waals surface area (Å²) < 4.78 is 0. The van der Waals surface area contributed by atoms with E-state index in [9.17, 15) is 0 Å². The molecule has 3 rings (SSSR count). The van der Waals surface area contributed by atoms with Gasteiger partial charge in [-0.3, -0.25) is 0 Å². The summed E-state index contributed by atoms with van der Waals surface area (Å²) >= 11 is 0. The number of rotatable bonds is 7. The van der Waals surface area contributed by atoms with Crippen molar-refractivity contribution in [3.63, 3.8) is 0 Å². The normalized spacial score (nSPS) is 20.6. The number of benzene rings is 1. The quantitative estimate of drug-likeness (QED) is 0.535. The van der Waals surface area contributed by atoms with Gasteiger partial charge in [-0.15, -0.1) is 0 Å². The zero-order chi connectivity index (χ0) is 17.5. The highest BCUT2D eigenvalue weighted by Gasteiger charge is 2.23. The van der Waals surface area contributed by atoms with Crippen LogP contribution in [0.5, 0.6) is 0 Å². The van der Waals surface area contributed by atoms with Crippen molar-refractivity contribution < 1.29 is 0 Å². The van der Waals surface area contributed by atoms with Gasteiger partial charge >= 0.3 is 0 Å². The van der Waals surface area contributed by atoms with Crippen molar-refractivity contribution >= 4 is 0 Å². The van der Waals surface area contributed by atoms with Crippen molar-refractivity contribution in [3.8, 4) is 11.3 Å². The molecule has 0 bridgehead atoms. The third-order valence-corrected chi connectivity index (χ3v) is 5.82. The fourth-order valence-electron chi connectivity index (χ4n) is 4.06. The Morgan fingerprint density at radius 1 is 0.840 bits per heavy atom. The minimum Gasteiger partial charge on any atom is -0.155 e. The second-order valence-corrected chi connectivity index (χ2v) is 7.61. The van der Waals surface area contributed by atoms with E-state index in [1.54, 1.807) is 0 Å². The van der Waals surface area contributed by atoms with Crippen LogP contribution >= 0.6 is 0 Å². The molecule has 0 amide bonds. The molecule has 0 atom stereocenters. The van der Waals surface area contributed by atoms with Gasteiger partial charge in [-0.05, 0) is 55.7 Å². The third-order valence-electron chi connectivity index (χ3n) is 5.82. The summed E-state index contributed by atoms with van der Waals surface area (Å²) in [5.41, 5.74) is 4.71. The van der Waals surface area contributed by atoms with Crippen LogP contribution in [0.15, 0.2) is 36.4 Å². The lowest BCUT2D eigenvalue weighted by Gasteiger charge is -2.28. The molecular formula is C23H32N2. The van der Waals surface area contributed by atoms with Gasteiger partial charge in [0.2, 0.25) is 0 Å². The molecule has 0 radical (unpaired) electrons. The second kappa shape index (κ2) is 9.12. The van der Waals surface area contributed by atoms with E-state index in [0.29, 0.717) is 5.92 Å². The molecule has 0 aliphatic heterocycles. The first-order valence-corrected chi connectivity index (χ1v) is 10.2. The van der Waals surface area contributed by atoms with Crippen molar-refractivity contribution in [2.75, 3.05) is 0 Å². The molecule has 0 unspecified atom stereocenters. The van der Waals surface area contributed by atoms with Gasteiger partial charge in [0.1, 0.15) is 0 Å². The van der Waals surface area contributed by atoms with Crippen LogP contribution in [0.1, 0.15) is 82.4 Å². The molecule has 1 saturated carbocycles. The van der Waals surface area contributed by atoms with Crippen molar-refractivity contribution in [1.29, 1.82) is 0 Å². The van der Waals surface area contributed by atoms with E-state index in [1.807, 2.05) is 0 Å². The lowest BCUT2D eigenvalue weighted by atomic mass is 9.78. The average Bonchev–Trinajstić information content (AvgIpc) is 2.69. The molecular weight excluding hydrogens is 304 g/mol. The van der Waals surface area contributed by atoms with Gasteiger partial charge in [0.05, 0.1) is 11.4 Å². The van der Waals surface area contributed by atoms with Gasteiger partial charge < -0.3 is 0 Å². The van der Waals surface area contributed by atoms with Crippen LogP contribution in [-0.4, -0.2) is 10.2 Å². The molecule has 1 aliphatic rings. The minimum atomic E-state index is 0.617. The van der Waals surface area contributed by atoms with E-state index in [2.05, 4.69) is 60.4 Å². The smallest absolute Gasteiger partial charge is 0.0929 e. The standard InChI is InChI=1S/C23H32N2/c1-3-5-6-7-19-10-14-21(15-11-19)23-17-16-22(24-25-23)20-12-8-18(4-2)9-13-20/h8-9,12-13,16-17,19,21H,3-7,10-11,14-15H2,1-2H3/t19-,21-. The Balaban J connectivity index is 1.56. The summed E-state index contributed by atoms with van der Waals surface area (Å²) in [6, 6.07) is 13.0. The first-order chi connectivity index (χ1) is 12.3. The molecule has 1 aromatic heterocycles. The van der Waals surface area contributed by atoms with E-state index >= 15 is 0 Å². The molecule has 0 N–H and O–H groups in total. The number of hydrogen-bond acceptors (Lipinski definition) is 2. The van der Waals surface area contributed by atoms with Gasteiger partial charge in [-0.1, -0.05) is 63.8 Å². The highest BCUT2D eigenvalue weighted by molar-refractivity contribution is 5.58. The second-order valence-electron chi connectivity index (χ2n) is 7.61. The Morgan fingerprint density at radius 2 is 1.60 bits per heavy atom. The van der Waals surface area contributed by atoms with Crippen molar-refractivity contribution in [3.05, 3.63) is 47.7 Å². The molecule has 1 aromatic carbocycles. The molecule has 1 aliphatic carbocycles. The topological polar surface area (TPSA) is 25.8 Å². The summed E-state index contributed by atoms with van der Waals surface area (Å²) in [6.45, 7) is 4.47. The van der Waals surface area contributed by atoms with Gasteiger partial charge in [0, 0.05) is 11.5 Å². The van der Waals surface area contributed by atoms with E-state index < -0.39 is 0 Å². The molecule has 0 saturated heterocycles. The van der Waals surface area contributed by atoms with Gasteiger partial charge in [-0.2, -0.15) is 10.2 Å². The summed E-state index contributed by atoms with van der Waals surface area (Å²) in [7, 11) is 0. The van der Waals surface area contributed by atoms with Crippen LogP contribution < -0.4 is 0 Å². The fourth-order valence-corrected chi connectivity index (χ4v) is 4.06. The maximum atomic E-state index is 4.57. The molecule has 0 spiro atoms. The van der Waals surface area contributed by atoms with Crippen LogP contribution in [0, 0.1) is 5.92 Å². The highest BCUT2D eigenvalue weighted by Crippen LogP contribution is 2.37. The Labute approximate surface area is 153 Å². The fraction of sp³-hybridized carbons (Fsp3) is 0.565. The van der Waals surface area contributed by atoms with Crippen molar-refractivity contribution in [1.82, 2.24) is 10.2 Å². The number of aryl methyl sites for hydroxylation is 1. The first-order valence-electron chi connectivity index (χ1n) is 10.2. The van der Waals surface area contributed by atoms with Crippen molar-refractivity contribution in [2.45, 2.75) is 77.6 Å². The summed E-state index contributed by atoms with van der Waals surface area (Å²) in [6.07, 6.45) is 12.0. The molecule has 25 heavy (non-hydrogen) atoms. The van der Waals surface area contributed by atoms with Crippen LogP contribution in [0.3, 0.4) is 0 Å². The Kier molecular flexibility index (Phi) is 6.61. The Hall–Kier alpha value is -1.70. The number of unbranched alkanes of at least 4 members (excludes halogenated alkanes) is 2. The zero-order valence-corrected chi connectivity index (χ0v) is 15.9. The maximum Gasteiger partial charge on any atom is 0.0929 e. The van der Waals surface area contributed by atoms with Crippen LogP contribution in [0.25, 0.3) is 11.3 Å². The Morgan fingerprint density at radius 3 is 2.20 bits per heavy atom. The SMILES string of the molecule is CCCCC[C@H]1CC[C@H](c2ccc(-c3ccc(CC)cc3)nn2)CC1. The largest absolute Gasteiger partial charge is 0.155 e. The lowest BCUT2D eigenvalue weighted by molar-refractivity contribution is 0.299. The predicted octanol–water partition coefficient (Wildman–Crippen LogP) is 6.56. The summed E-state index contributed by atoms with van der Waals surface area (Å²) in [5, 5.41) is 9.08. The average molecular weight is 337 g/mol. The zero-order valence-electron chi connectivity index (χ0n) is 15.9. The summed E-state index contributed by atoms with van der Waals surface area (Å²) in [4.78, 5) is 0. The van der Waals surface area contributed by atoms with Crippen LogP contribution in [0.2, 0.25) is 0 Å². The maximum absolute atomic E-state index is 4.57. The molecule has 2 aromatic rings. The molecule has 2 heteroatoms. The lowest BCUT2D eigenvalue weighted by Crippen LogP contribution is -2.14. The van der Waals surface area contributed by atoms with Crippen molar-refractivity contribution in [2.24, 2.45) is 5.92 Å². The van der Waals surface area contributed by atoms with E-state index in [1.165, 1.54) is 62.6 Å². The Bertz CT molecular complexity index is 622. The predicted molar refractivity (Wildman–Crippen MR) is 106 cm³/mol. The monoisotopic (exact) mass is 336 g/mol. The van der Waals surface area contributed by atoms with E-state index in [-0.39, 0.29) is 0 Å². The first kappa shape index (κ1) is 18.1. The number of nitrogens with zero attached hydrogens (tertiary/aromatic N) is 2. The number of hydrogen-bond donors (Lipinski definition) is 0. The highest BCUT2D eigenvalue weighted by atomic mass is 15.1. The molecule has 1 heterocycles. The minimum absolute atomic E-state index is 0.617. The van der Waals surface area contributed by atoms with Gasteiger partial charge in [-0.25, -0.2) is 0 Å². The van der Waals surface area contributed by atoms with E-state index in [0.717, 1.165) is 23.6 Å². The number of aromatic nitrogens is 2. The molecule has 1 fully saturated rings.